The van der Waals surface area contributed by atoms with E-state index in [1.807, 2.05) is 35.8 Å². The number of aryl methyl sites for hydroxylation is 2. The van der Waals surface area contributed by atoms with E-state index >= 15 is 0 Å². The normalized spacial score (nSPS) is 16.6. The molecule has 4 rings (SSSR count). The lowest BCUT2D eigenvalue weighted by Crippen LogP contribution is -2.24. The number of fused-ring (bicyclic) bond motifs is 3. The second-order valence-corrected chi connectivity index (χ2v) is 9.83. The number of amides is 1. The summed E-state index contributed by atoms with van der Waals surface area (Å²) in [6, 6.07) is 4.04. The number of aromatic nitrogens is 2. The van der Waals surface area contributed by atoms with Gasteiger partial charge in [-0.05, 0) is 49.1 Å². The topological polar surface area (TPSA) is 54.9 Å². The SMILES string of the molecule is Cc1nc(SCC(=O)NCc2cccs2)c2c3c(sc2n1)C[C@H](C)CC3. The minimum absolute atomic E-state index is 0.0468. The minimum Gasteiger partial charge on any atom is -0.350 e. The predicted octanol–water partition coefficient (Wildman–Crippen LogP) is 4.59. The van der Waals surface area contributed by atoms with Gasteiger partial charge in [0.05, 0.1) is 12.3 Å². The molecule has 0 saturated heterocycles. The zero-order valence-electron chi connectivity index (χ0n) is 14.9. The summed E-state index contributed by atoms with van der Waals surface area (Å²) < 4.78 is 0. The maximum Gasteiger partial charge on any atom is 0.230 e. The van der Waals surface area contributed by atoms with Gasteiger partial charge in [-0.15, -0.1) is 22.7 Å². The zero-order valence-corrected chi connectivity index (χ0v) is 17.3. The number of hydrogen-bond acceptors (Lipinski definition) is 6. The Bertz CT molecular complexity index is 933. The average Bonchev–Trinajstić information content (AvgIpc) is 3.24. The van der Waals surface area contributed by atoms with Crippen LogP contribution in [0.2, 0.25) is 0 Å². The fraction of sp³-hybridized carbons (Fsp3) is 0.421. The highest BCUT2D eigenvalue weighted by Crippen LogP contribution is 2.40. The summed E-state index contributed by atoms with van der Waals surface area (Å²) in [6.45, 7) is 4.85. The van der Waals surface area contributed by atoms with Crippen molar-refractivity contribution in [2.75, 3.05) is 5.75 Å². The summed E-state index contributed by atoms with van der Waals surface area (Å²) in [6.07, 6.45) is 3.46. The van der Waals surface area contributed by atoms with Crippen LogP contribution in [0, 0.1) is 12.8 Å². The van der Waals surface area contributed by atoms with Crippen molar-refractivity contribution >= 4 is 50.6 Å². The Morgan fingerprint density at radius 3 is 3.12 bits per heavy atom. The molecule has 1 atom stereocenters. The predicted molar refractivity (Wildman–Crippen MR) is 110 cm³/mol. The summed E-state index contributed by atoms with van der Waals surface area (Å²) in [4.78, 5) is 25.3. The number of hydrogen-bond donors (Lipinski definition) is 1. The molecule has 1 aliphatic carbocycles. The third-order valence-corrected chi connectivity index (χ3v) is 7.61. The number of nitrogens with zero attached hydrogens (tertiary/aromatic N) is 2. The highest BCUT2D eigenvalue weighted by molar-refractivity contribution is 8.00. The summed E-state index contributed by atoms with van der Waals surface area (Å²) in [5.41, 5.74) is 1.42. The van der Waals surface area contributed by atoms with Crippen molar-refractivity contribution in [2.24, 2.45) is 5.92 Å². The summed E-state index contributed by atoms with van der Waals surface area (Å²) >= 11 is 5.00. The van der Waals surface area contributed by atoms with Crippen molar-refractivity contribution in [1.29, 1.82) is 0 Å². The standard InChI is InChI=1S/C19H21N3OS3/c1-11-5-6-14-15(8-11)26-19-17(14)18(21-12(2)22-19)25-10-16(23)20-9-13-4-3-7-24-13/h3-4,7,11H,5-6,8-10H2,1-2H3,(H,20,23)/t11-/m1/s1. The van der Waals surface area contributed by atoms with Crippen LogP contribution in [-0.4, -0.2) is 21.6 Å². The number of carbonyl (C=O) groups is 1. The van der Waals surface area contributed by atoms with Gasteiger partial charge in [-0.25, -0.2) is 9.97 Å². The monoisotopic (exact) mass is 403 g/mol. The van der Waals surface area contributed by atoms with Gasteiger partial charge in [0.2, 0.25) is 5.91 Å². The van der Waals surface area contributed by atoms with E-state index in [0.29, 0.717) is 12.3 Å². The average molecular weight is 404 g/mol. The lowest BCUT2D eigenvalue weighted by atomic mass is 9.89. The minimum atomic E-state index is 0.0468. The van der Waals surface area contributed by atoms with Gasteiger partial charge in [-0.2, -0.15) is 0 Å². The number of thiophene rings is 2. The van der Waals surface area contributed by atoms with Crippen molar-refractivity contribution in [3.8, 4) is 0 Å². The molecule has 1 N–H and O–H groups in total. The van der Waals surface area contributed by atoms with Crippen LogP contribution in [0.15, 0.2) is 22.5 Å². The molecule has 3 aromatic rings. The Morgan fingerprint density at radius 2 is 2.31 bits per heavy atom. The van der Waals surface area contributed by atoms with E-state index in [4.69, 9.17) is 0 Å². The van der Waals surface area contributed by atoms with Gasteiger partial charge < -0.3 is 5.32 Å². The molecule has 1 aliphatic rings. The van der Waals surface area contributed by atoms with Crippen LogP contribution in [-0.2, 0) is 24.2 Å². The quantitative estimate of drug-likeness (QED) is 0.500. The van der Waals surface area contributed by atoms with Crippen LogP contribution < -0.4 is 5.32 Å². The molecule has 7 heteroatoms. The molecule has 136 valence electrons. The Labute approximate surface area is 165 Å². The third-order valence-electron chi connectivity index (χ3n) is 4.61. The second-order valence-electron chi connectivity index (χ2n) is 6.75. The van der Waals surface area contributed by atoms with Gasteiger partial charge in [0, 0.05) is 15.1 Å². The molecular weight excluding hydrogens is 382 g/mol. The maximum atomic E-state index is 12.2. The molecule has 0 radical (unpaired) electrons. The van der Waals surface area contributed by atoms with E-state index in [1.165, 1.54) is 38.9 Å². The van der Waals surface area contributed by atoms with Gasteiger partial charge in [0.1, 0.15) is 15.7 Å². The van der Waals surface area contributed by atoms with E-state index < -0.39 is 0 Å². The fourth-order valence-electron chi connectivity index (χ4n) is 3.30. The number of thioether (sulfide) groups is 1. The maximum absolute atomic E-state index is 12.2. The lowest BCUT2D eigenvalue weighted by molar-refractivity contribution is -0.118. The van der Waals surface area contributed by atoms with Crippen molar-refractivity contribution in [2.45, 2.75) is 44.7 Å². The molecule has 1 amide bonds. The molecule has 26 heavy (non-hydrogen) atoms. The van der Waals surface area contributed by atoms with Crippen molar-refractivity contribution in [1.82, 2.24) is 15.3 Å². The molecule has 0 aliphatic heterocycles. The molecule has 3 heterocycles. The molecule has 0 aromatic carbocycles. The molecule has 0 unspecified atom stereocenters. The van der Waals surface area contributed by atoms with Crippen LogP contribution in [0.5, 0.6) is 0 Å². The molecule has 0 spiro atoms. The first-order valence-corrected chi connectivity index (χ1v) is 11.5. The summed E-state index contributed by atoms with van der Waals surface area (Å²) in [5, 5.41) is 7.17. The van der Waals surface area contributed by atoms with Crippen molar-refractivity contribution in [3.05, 3.63) is 38.7 Å². The first kappa shape index (κ1) is 17.9. The fourth-order valence-corrected chi connectivity index (χ4v) is 6.37. The molecule has 0 fully saturated rings. The Kier molecular flexibility index (Phi) is 5.29. The van der Waals surface area contributed by atoms with Crippen LogP contribution in [0.1, 0.15) is 34.5 Å². The van der Waals surface area contributed by atoms with Crippen LogP contribution >= 0.6 is 34.4 Å². The molecule has 3 aromatic heterocycles. The van der Waals surface area contributed by atoms with Gasteiger partial charge in [-0.1, -0.05) is 24.8 Å². The van der Waals surface area contributed by atoms with E-state index in [0.717, 1.165) is 34.4 Å². The molecule has 0 saturated carbocycles. The van der Waals surface area contributed by atoms with E-state index in [1.54, 1.807) is 11.3 Å². The van der Waals surface area contributed by atoms with E-state index in [9.17, 15) is 4.79 Å². The Balaban J connectivity index is 1.51. The lowest BCUT2D eigenvalue weighted by Gasteiger charge is -2.18. The van der Waals surface area contributed by atoms with Gasteiger partial charge in [-0.3, -0.25) is 4.79 Å². The third kappa shape index (κ3) is 3.80. The largest absolute Gasteiger partial charge is 0.350 e. The molecular formula is C19H21N3OS3. The number of nitrogens with one attached hydrogen (secondary N) is 1. The summed E-state index contributed by atoms with van der Waals surface area (Å²) in [7, 11) is 0. The first-order chi connectivity index (χ1) is 12.6. The molecule has 0 bridgehead atoms. The smallest absolute Gasteiger partial charge is 0.230 e. The molecule has 4 nitrogen and oxygen atoms in total. The number of carbonyl (C=O) groups excluding carboxylic acids is 1. The second kappa shape index (κ2) is 7.66. The van der Waals surface area contributed by atoms with Crippen molar-refractivity contribution < 1.29 is 4.79 Å². The zero-order chi connectivity index (χ0) is 18.1. The van der Waals surface area contributed by atoms with E-state index in [2.05, 4.69) is 22.2 Å². The summed E-state index contributed by atoms with van der Waals surface area (Å²) in [5.74, 6) is 1.96. The van der Waals surface area contributed by atoms with Crippen molar-refractivity contribution in [3.63, 3.8) is 0 Å². The first-order valence-electron chi connectivity index (χ1n) is 8.81. The Hall–Kier alpha value is -1.44. The van der Waals surface area contributed by atoms with Gasteiger partial charge in [0.25, 0.3) is 0 Å². The highest BCUT2D eigenvalue weighted by Gasteiger charge is 2.24. The highest BCUT2D eigenvalue weighted by atomic mass is 32.2. The van der Waals surface area contributed by atoms with Gasteiger partial charge in [0.15, 0.2) is 0 Å². The van der Waals surface area contributed by atoms with Crippen LogP contribution in [0.25, 0.3) is 10.2 Å². The van der Waals surface area contributed by atoms with Crippen LogP contribution in [0.4, 0.5) is 0 Å². The number of rotatable bonds is 5. The van der Waals surface area contributed by atoms with Crippen LogP contribution in [0.3, 0.4) is 0 Å². The van der Waals surface area contributed by atoms with Gasteiger partial charge >= 0.3 is 0 Å². The Morgan fingerprint density at radius 1 is 1.42 bits per heavy atom. The van der Waals surface area contributed by atoms with E-state index in [-0.39, 0.29) is 5.91 Å².